The van der Waals surface area contributed by atoms with Crippen LogP contribution < -0.4 is 15.0 Å². The third-order valence-electron chi connectivity index (χ3n) is 11.4. The van der Waals surface area contributed by atoms with Crippen LogP contribution in [0.4, 0.5) is 27.8 Å². The minimum Gasteiger partial charge on any atom is -0.461 e. The number of hydrogen-bond acceptors (Lipinski definition) is 9. The molecule has 4 aliphatic heterocycles. The first-order chi connectivity index (χ1) is 23.6. The van der Waals surface area contributed by atoms with Crippen LogP contribution in [0.2, 0.25) is 0 Å². The van der Waals surface area contributed by atoms with Crippen LogP contribution in [-0.4, -0.2) is 86.6 Å². The Morgan fingerprint density at radius 3 is 2.65 bits per heavy atom. The van der Waals surface area contributed by atoms with Gasteiger partial charge in [0.05, 0.1) is 38.6 Å². The van der Waals surface area contributed by atoms with Crippen molar-refractivity contribution >= 4 is 48.4 Å². The lowest BCUT2D eigenvalue weighted by Crippen LogP contribution is -2.51. The molecule has 4 aromatic heterocycles. The second-order valence-corrected chi connectivity index (χ2v) is 15.5. The largest absolute Gasteiger partial charge is 0.461 e. The van der Waals surface area contributed by atoms with Crippen molar-refractivity contribution in [3.8, 4) is 17.3 Å². The van der Waals surface area contributed by atoms with E-state index in [1.165, 1.54) is 17.5 Å². The number of halogens is 5. The number of hydrogen-bond donors (Lipinski definition) is 2. The number of fused-ring (bicyclic) bond motifs is 7. The molecule has 4 saturated heterocycles. The smallest absolute Gasteiger partial charge is 0.416 e. The number of aromatic nitrogens is 5. The van der Waals surface area contributed by atoms with Gasteiger partial charge in [-0.2, -0.15) is 28.2 Å². The van der Waals surface area contributed by atoms with Crippen LogP contribution in [0, 0.1) is 0 Å². The Balaban J connectivity index is 1.17. The highest BCUT2D eigenvalue weighted by molar-refractivity contribution is 7.26. The zero-order valence-corrected chi connectivity index (χ0v) is 27.2. The van der Waals surface area contributed by atoms with Crippen LogP contribution in [-0.2, 0) is 11.8 Å². The molecule has 9 nitrogen and oxygen atoms in total. The molecule has 1 aliphatic carbocycles. The first kappa shape index (κ1) is 30.2. The molecule has 1 aromatic carbocycles. The Labute approximate surface area is 281 Å². The van der Waals surface area contributed by atoms with E-state index in [1.807, 2.05) is 6.07 Å². The van der Waals surface area contributed by atoms with Crippen LogP contribution in [0.3, 0.4) is 0 Å². The quantitative estimate of drug-likeness (QED) is 0.191. The van der Waals surface area contributed by atoms with E-state index in [0.29, 0.717) is 45.8 Å². The van der Waals surface area contributed by atoms with Crippen molar-refractivity contribution in [2.45, 2.75) is 80.6 Å². The average Bonchev–Trinajstić information content (AvgIpc) is 3.56. The fourth-order valence-electron chi connectivity index (χ4n) is 9.04. The summed E-state index contributed by atoms with van der Waals surface area (Å²) in [6.07, 6.45) is 1.69. The van der Waals surface area contributed by atoms with Gasteiger partial charge in [-0.05, 0) is 57.2 Å². The molecule has 2 N–H and O–H groups in total. The zero-order valence-electron chi connectivity index (χ0n) is 26.4. The Hall–Kier alpha value is -3.69. The van der Waals surface area contributed by atoms with Gasteiger partial charge in [0.1, 0.15) is 29.1 Å². The minimum absolute atomic E-state index is 0.00143. The SMILES string of the molecule is F[C@H]1CN2CCC[C@@]2(COc2nc(N3CC4CCC(C3)N4)c3c(n2)sc2c(-c4c(C5(F)CC5)c(C(F)(F)F)cc5[nH]ncc45)nccc23)C1. The van der Waals surface area contributed by atoms with Crippen LogP contribution in [0.5, 0.6) is 6.01 Å². The zero-order chi connectivity index (χ0) is 33.3. The Morgan fingerprint density at radius 2 is 1.88 bits per heavy atom. The molecule has 5 aliphatic rings. The van der Waals surface area contributed by atoms with Gasteiger partial charge in [-0.15, -0.1) is 11.3 Å². The summed E-state index contributed by atoms with van der Waals surface area (Å²) in [7, 11) is 0. The summed E-state index contributed by atoms with van der Waals surface area (Å²) in [6, 6.07) is 3.60. The topological polar surface area (TPSA) is 95.1 Å². The van der Waals surface area contributed by atoms with Crippen molar-refractivity contribution in [3.63, 3.8) is 0 Å². The maximum absolute atomic E-state index is 16.1. The number of nitrogens with zero attached hydrogens (tertiary/aromatic N) is 6. The summed E-state index contributed by atoms with van der Waals surface area (Å²) < 4.78 is 81.4. The van der Waals surface area contributed by atoms with Gasteiger partial charge in [-0.1, -0.05) is 0 Å². The molecule has 15 heteroatoms. The van der Waals surface area contributed by atoms with Gasteiger partial charge in [0.2, 0.25) is 0 Å². The average molecular weight is 697 g/mol. The molecule has 0 radical (unpaired) electrons. The lowest BCUT2D eigenvalue weighted by atomic mass is 9.90. The molecule has 256 valence electrons. The summed E-state index contributed by atoms with van der Waals surface area (Å²) in [5.74, 6) is 0.694. The molecule has 0 spiro atoms. The van der Waals surface area contributed by atoms with Crippen molar-refractivity contribution in [2.75, 3.05) is 37.7 Å². The van der Waals surface area contributed by atoms with E-state index < -0.39 is 23.6 Å². The maximum atomic E-state index is 16.1. The van der Waals surface area contributed by atoms with E-state index in [0.717, 1.165) is 62.2 Å². The fraction of sp³-hybridized carbons (Fsp3) is 0.529. The standard InChI is InChI=1S/C34H33F5N8OS/c35-17-11-32(5-1-9-47(32)13-17)16-48-31-43-29(46-14-18-2-3-19(15-46)42-18)25-20-4-8-40-27(28(20)49-30(25)44-31)24-21-12-41-45-23(21)10-22(34(37,38)39)26(24)33(36)6-7-33/h4,8,10,12,17-19,42H,1-3,5-7,9,11,13-16H2,(H,41,45)/t17-,18?,19?,32+/m1/s1. The van der Waals surface area contributed by atoms with Gasteiger partial charge < -0.3 is 15.0 Å². The highest BCUT2D eigenvalue weighted by Crippen LogP contribution is 2.58. The predicted molar refractivity (Wildman–Crippen MR) is 176 cm³/mol. The number of benzene rings is 1. The van der Waals surface area contributed by atoms with Gasteiger partial charge in [-0.25, -0.2) is 8.78 Å². The summed E-state index contributed by atoms with van der Waals surface area (Å²) in [6.45, 7) is 2.98. The van der Waals surface area contributed by atoms with E-state index in [-0.39, 0.29) is 53.3 Å². The van der Waals surface area contributed by atoms with Crippen molar-refractivity contribution in [3.05, 3.63) is 35.7 Å². The number of H-pyrrole nitrogens is 1. The van der Waals surface area contributed by atoms with Crippen LogP contribution >= 0.6 is 11.3 Å². The molecule has 4 atom stereocenters. The molecular formula is C34H33F5N8OS. The van der Waals surface area contributed by atoms with Gasteiger partial charge in [0.15, 0.2) is 0 Å². The molecular weight excluding hydrogens is 663 g/mol. The molecule has 8 heterocycles. The summed E-state index contributed by atoms with van der Waals surface area (Å²) in [5.41, 5.74) is -3.40. The van der Waals surface area contributed by atoms with Gasteiger partial charge in [0, 0.05) is 66.2 Å². The van der Waals surface area contributed by atoms with Gasteiger partial charge in [-0.3, -0.25) is 15.0 Å². The number of thiophene rings is 1. The number of anilines is 1. The highest BCUT2D eigenvalue weighted by Gasteiger charge is 2.53. The third-order valence-corrected chi connectivity index (χ3v) is 12.5. The first-order valence-electron chi connectivity index (χ1n) is 17.0. The second kappa shape index (κ2) is 10.4. The normalized spacial score (nSPS) is 27.9. The lowest BCUT2D eigenvalue weighted by molar-refractivity contribution is -0.138. The van der Waals surface area contributed by atoms with E-state index in [2.05, 4.69) is 30.3 Å². The molecule has 0 amide bonds. The van der Waals surface area contributed by atoms with Crippen LogP contribution in [0.1, 0.15) is 56.1 Å². The van der Waals surface area contributed by atoms with Crippen molar-refractivity contribution in [2.24, 2.45) is 0 Å². The molecule has 2 unspecified atom stereocenters. The Kier molecular flexibility index (Phi) is 6.41. The monoisotopic (exact) mass is 696 g/mol. The van der Waals surface area contributed by atoms with Gasteiger partial charge in [0.25, 0.3) is 0 Å². The second-order valence-electron chi connectivity index (χ2n) is 14.5. The van der Waals surface area contributed by atoms with Gasteiger partial charge >= 0.3 is 12.2 Å². The summed E-state index contributed by atoms with van der Waals surface area (Å²) in [5, 5.41) is 12.3. The number of nitrogens with one attached hydrogen (secondary N) is 2. The number of rotatable bonds is 6. The number of ether oxygens (including phenoxy) is 1. The molecule has 5 aromatic rings. The number of alkyl halides is 5. The molecule has 5 fully saturated rings. The van der Waals surface area contributed by atoms with Crippen molar-refractivity contribution in [1.29, 1.82) is 0 Å². The van der Waals surface area contributed by atoms with Crippen LogP contribution in [0.25, 0.3) is 42.5 Å². The van der Waals surface area contributed by atoms with E-state index >= 15 is 4.39 Å². The van der Waals surface area contributed by atoms with Crippen molar-refractivity contribution < 1.29 is 26.7 Å². The molecule has 2 bridgehead atoms. The van der Waals surface area contributed by atoms with E-state index in [1.54, 1.807) is 6.20 Å². The lowest BCUT2D eigenvalue weighted by Gasteiger charge is -2.34. The van der Waals surface area contributed by atoms with E-state index in [4.69, 9.17) is 14.7 Å². The Morgan fingerprint density at radius 1 is 1.06 bits per heavy atom. The molecule has 10 rings (SSSR count). The molecule has 1 saturated carbocycles. The highest BCUT2D eigenvalue weighted by atomic mass is 32.1. The number of piperazine rings is 1. The summed E-state index contributed by atoms with van der Waals surface area (Å²) >= 11 is 1.29. The van der Waals surface area contributed by atoms with Crippen LogP contribution in [0.15, 0.2) is 24.5 Å². The minimum atomic E-state index is -4.79. The summed E-state index contributed by atoms with van der Waals surface area (Å²) in [4.78, 5) is 19.6. The first-order valence-corrected chi connectivity index (χ1v) is 17.8. The Bertz CT molecular complexity index is 2140. The fourth-order valence-corrected chi connectivity index (χ4v) is 10.2. The predicted octanol–water partition coefficient (Wildman–Crippen LogP) is 6.66. The molecule has 49 heavy (non-hydrogen) atoms. The van der Waals surface area contributed by atoms with E-state index in [9.17, 15) is 17.6 Å². The maximum Gasteiger partial charge on any atom is 0.416 e. The third kappa shape index (κ3) is 4.67. The number of pyridine rings is 1. The number of aromatic amines is 1. The van der Waals surface area contributed by atoms with Crippen molar-refractivity contribution in [1.82, 2.24) is 35.4 Å².